The number of nitrogens with zero attached hydrogens (tertiary/aromatic N) is 3. The van der Waals surface area contributed by atoms with E-state index < -0.39 is 24.5 Å². The summed E-state index contributed by atoms with van der Waals surface area (Å²) >= 11 is 0. The van der Waals surface area contributed by atoms with Crippen molar-refractivity contribution in [3.05, 3.63) is 34.9 Å². The highest BCUT2D eigenvalue weighted by Crippen LogP contribution is 2.37. The van der Waals surface area contributed by atoms with Crippen molar-refractivity contribution in [1.82, 2.24) is 14.7 Å². The van der Waals surface area contributed by atoms with E-state index >= 15 is 0 Å². The maximum absolute atomic E-state index is 12.8. The number of morpholine rings is 1. The molecular weight excluding hydrogens is 496 g/mol. The number of aryl methyl sites for hydroxylation is 1. The highest BCUT2D eigenvalue weighted by atomic mass is 19.4. The van der Waals surface area contributed by atoms with Crippen molar-refractivity contribution < 1.29 is 45.4 Å². The van der Waals surface area contributed by atoms with Crippen molar-refractivity contribution in [3.63, 3.8) is 0 Å². The normalized spacial score (nSPS) is 23.3. The minimum Gasteiger partial charge on any atom is -0.426 e. The third-order valence-electron chi connectivity index (χ3n) is 6.86. The van der Waals surface area contributed by atoms with Gasteiger partial charge in [0.1, 0.15) is 0 Å². The number of fused-ring (bicyclic) bond motifs is 1. The second kappa shape index (κ2) is 10.1. The van der Waals surface area contributed by atoms with Crippen LogP contribution in [0.3, 0.4) is 0 Å². The Balaban J connectivity index is 1.30. The molecule has 3 saturated heterocycles. The lowest BCUT2D eigenvalue weighted by Gasteiger charge is -2.27. The first-order valence-electron chi connectivity index (χ1n) is 11.6. The lowest BCUT2D eigenvalue weighted by molar-refractivity contribution is -0.308. The smallest absolute Gasteiger partial charge is 0.426 e. The molecule has 4 rings (SSSR count). The number of hydrogen-bond donors (Lipinski definition) is 0. The van der Waals surface area contributed by atoms with Gasteiger partial charge >= 0.3 is 18.4 Å². The van der Waals surface area contributed by atoms with E-state index in [2.05, 4.69) is 9.64 Å². The van der Waals surface area contributed by atoms with Crippen molar-refractivity contribution in [2.45, 2.75) is 31.9 Å². The van der Waals surface area contributed by atoms with Crippen LogP contribution in [0.4, 0.5) is 31.1 Å². The fourth-order valence-corrected chi connectivity index (χ4v) is 5.12. The third kappa shape index (κ3) is 5.88. The SMILES string of the molecule is Cc1cc(CN2CC3CN(C(=O)OC(C(F)(F)F)C(F)(F)F)CC3C2)ccc1C(=O)N1CCOCC1. The van der Waals surface area contributed by atoms with Gasteiger partial charge in [-0.25, -0.2) is 4.79 Å². The van der Waals surface area contributed by atoms with Gasteiger partial charge in [-0.2, -0.15) is 26.3 Å². The Hall–Kier alpha value is -2.54. The van der Waals surface area contributed by atoms with E-state index in [1.165, 1.54) is 0 Å². The van der Waals surface area contributed by atoms with Crippen LogP contribution in [0.25, 0.3) is 0 Å². The molecular formula is C23H27F6N3O4. The van der Waals surface area contributed by atoms with Crippen molar-refractivity contribution in [1.29, 1.82) is 0 Å². The van der Waals surface area contributed by atoms with Crippen molar-refractivity contribution in [2.24, 2.45) is 11.8 Å². The average Bonchev–Trinajstić information content (AvgIpc) is 3.35. The van der Waals surface area contributed by atoms with Gasteiger partial charge < -0.3 is 19.3 Å². The van der Waals surface area contributed by atoms with E-state index in [9.17, 15) is 35.9 Å². The van der Waals surface area contributed by atoms with Crippen LogP contribution in [-0.4, -0.2) is 97.6 Å². The molecule has 0 aromatic heterocycles. The average molecular weight is 523 g/mol. The molecule has 0 aliphatic carbocycles. The Morgan fingerprint density at radius 2 is 1.56 bits per heavy atom. The summed E-state index contributed by atoms with van der Waals surface area (Å²) in [5.74, 6) is -0.185. The molecule has 200 valence electrons. The summed E-state index contributed by atoms with van der Waals surface area (Å²) < 4.78 is 85.3. The van der Waals surface area contributed by atoms with Gasteiger partial charge in [-0.3, -0.25) is 9.69 Å². The van der Waals surface area contributed by atoms with E-state index in [4.69, 9.17) is 4.74 Å². The number of benzene rings is 1. The predicted octanol–water partition coefficient (Wildman–Crippen LogP) is 3.46. The topological polar surface area (TPSA) is 62.3 Å². The highest BCUT2D eigenvalue weighted by Gasteiger charge is 2.60. The van der Waals surface area contributed by atoms with Crippen molar-refractivity contribution in [3.8, 4) is 0 Å². The van der Waals surface area contributed by atoms with Crippen molar-refractivity contribution in [2.75, 3.05) is 52.5 Å². The maximum atomic E-state index is 12.8. The van der Waals surface area contributed by atoms with Crippen LogP contribution in [0.2, 0.25) is 0 Å². The number of amides is 2. The number of ether oxygens (including phenoxy) is 2. The standard InChI is InChI=1S/C23H27F6N3O4/c1-14-8-15(2-3-18(14)19(33)31-4-6-35-7-5-31)9-30-10-16-12-32(13-17(16)11-30)21(34)36-20(22(24,25)26)23(27,28)29/h2-3,8,16-17,20H,4-7,9-13H2,1H3. The minimum atomic E-state index is -5.74. The number of rotatable bonds is 4. The Labute approximate surface area is 203 Å². The lowest BCUT2D eigenvalue weighted by atomic mass is 10.0. The van der Waals surface area contributed by atoms with E-state index in [-0.39, 0.29) is 30.8 Å². The van der Waals surface area contributed by atoms with Crippen LogP contribution in [0.1, 0.15) is 21.5 Å². The summed E-state index contributed by atoms with van der Waals surface area (Å²) in [6.45, 7) is 5.74. The molecule has 3 aliphatic heterocycles. The fourth-order valence-electron chi connectivity index (χ4n) is 5.12. The molecule has 7 nitrogen and oxygen atoms in total. The van der Waals surface area contributed by atoms with E-state index in [0.29, 0.717) is 51.5 Å². The summed E-state index contributed by atoms with van der Waals surface area (Å²) in [7, 11) is 0. The van der Waals surface area contributed by atoms with Gasteiger partial charge in [0.25, 0.3) is 12.0 Å². The molecule has 1 aromatic rings. The molecule has 1 aromatic carbocycles. The van der Waals surface area contributed by atoms with Crippen LogP contribution < -0.4 is 0 Å². The zero-order valence-electron chi connectivity index (χ0n) is 19.6. The van der Waals surface area contributed by atoms with Crippen LogP contribution in [0.5, 0.6) is 0 Å². The lowest BCUT2D eigenvalue weighted by Crippen LogP contribution is -2.48. The summed E-state index contributed by atoms with van der Waals surface area (Å²) in [6.07, 6.45) is -17.2. The largest absolute Gasteiger partial charge is 0.434 e. The second-order valence-corrected chi connectivity index (χ2v) is 9.52. The summed E-state index contributed by atoms with van der Waals surface area (Å²) in [6, 6.07) is 5.63. The van der Waals surface area contributed by atoms with Gasteiger partial charge in [-0.15, -0.1) is 0 Å². The fraction of sp³-hybridized carbons (Fsp3) is 0.652. The van der Waals surface area contributed by atoms with Gasteiger partial charge in [0.2, 0.25) is 0 Å². The van der Waals surface area contributed by atoms with Crippen molar-refractivity contribution >= 4 is 12.0 Å². The van der Waals surface area contributed by atoms with Crippen LogP contribution in [-0.2, 0) is 16.0 Å². The molecule has 3 aliphatic rings. The number of carbonyl (C=O) groups excluding carboxylic acids is 2. The maximum Gasteiger partial charge on any atom is 0.434 e. The van der Waals surface area contributed by atoms with E-state index in [1.54, 1.807) is 11.0 Å². The summed E-state index contributed by atoms with van der Waals surface area (Å²) in [5, 5.41) is 0. The van der Waals surface area contributed by atoms with Gasteiger partial charge in [-0.05, 0) is 36.0 Å². The summed E-state index contributed by atoms with van der Waals surface area (Å²) in [4.78, 5) is 29.6. The van der Waals surface area contributed by atoms with Crippen LogP contribution in [0, 0.1) is 18.8 Å². The molecule has 0 N–H and O–H groups in total. The Morgan fingerprint density at radius 1 is 0.972 bits per heavy atom. The van der Waals surface area contributed by atoms with Crippen LogP contribution >= 0.6 is 0 Å². The Bertz CT molecular complexity index is 952. The number of alkyl halides is 6. The second-order valence-electron chi connectivity index (χ2n) is 9.52. The molecule has 2 unspecified atom stereocenters. The Kier molecular flexibility index (Phi) is 7.42. The molecule has 36 heavy (non-hydrogen) atoms. The first kappa shape index (κ1) is 26.5. The zero-order chi connectivity index (χ0) is 26.3. The number of hydrogen-bond acceptors (Lipinski definition) is 5. The molecule has 0 spiro atoms. The Morgan fingerprint density at radius 3 is 2.08 bits per heavy atom. The molecule has 0 radical (unpaired) electrons. The molecule has 13 heteroatoms. The minimum absolute atomic E-state index is 0.0362. The first-order chi connectivity index (χ1) is 16.8. The van der Waals surface area contributed by atoms with Gasteiger partial charge in [0.15, 0.2) is 0 Å². The molecule has 0 saturated carbocycles. The third-order valence-corrected chi connectivity index (χ3v) is 6.86. The monoisotopic (exact) mass is 523 g/mol. The van der Waals surface area contributed by atoms with E-state index in [1.807, 2.05) is 19.1 Å². The quantitative estimate of drug-likeness (QED) is 0.566. The molecule has 3 fully saturated rings. The number of carbonyl (C=O) groups is 2. The molecule has 3 heterocycles. The van der Waals surface area contributed by atoms with E-state index in [0.717, 1.165) is 16.0 Å². The number of halogens is 6. The van der Waals surface area contributed by atoms with Gasteiger partial charge in [0.05, 0.1) is 13.2 Å². The first-order valence-corrected chi connectivity index (χ1v) is 11.6. The van der Waals surface area contributed by atoms with Gasteiger partial charge in [0, 0.05) is 51.4 Å². The predicted molar refractivity (Wildman–Crippen MR) is 114 cm³/mol. The molecule has 0 bridgehead atoms. The van der Waals surface area contributed by atoms with Crippen LogP contribution in [0.15, 0.2) is 18.2 Å². The zero-order valence-corrected chi connectivity index (χ0v) is 19.6. The molecule has 2 atom stereocenters. The number of likely N-dealkylation sites (tertiary alicyclic amines) is 2. The molecule has 2 amide bonds. The highest BCUT2D eigenvalue weighted by molar-refractivity contribution is 5.95. The summed E-state index contributed by atoms with van der Waals surface area (Å²) in [5.41, 5.74) is 2.46. The van der Waals surface area contributed by atoms with Gasteiger partial charge in [-0.1, -0.05) is 12.1 Å².